The maximum absolute atomic E-state index is 6.03. The molecular formula is C10H10ClN3S. The van der Waals surface area contributed by atoms with Crippen molar-refractivity contribution in [2.45, 2.75) is 13.0 Å². The van der Waals surface area contributed by atoms with Crippen molar-refractivity contribution in [1.82, 2.24) is 9.59 Å². The molecule has 0 bridgehead atoms. The Hall–Kier alpha value is -0.970. The van der Waals surface area contributed by atoms with Crippen LogP contribution in [0, 0.1) is 6.92 Å². The second-order valence-corrected chi connectivity index (χ2v) is 4.33. The van der Waals surface area contributed by atoms with Crippen LogP contribution in [-0.2, 0) is 0 Å². The Labute approximate surface area is 97.1 Å². The molecule has 0 fully saturated rings. The average Bonchev–Trinajstić information content (AvgIpc) is 2.74. The lowest BCUT2D eigenvalue weighted by Crippen LogP contribution is -2.12. The number of benzene rings is 1. The minimum atomic E-state index is -0.248. The first-order chi connectivity index (χ1) is 7.18. The highest BCUT2D eigenvalue weighted by Crippen LogP contribution is 2.23. The Morgan fingerprint density at radius 2 is 2.27 bits per heavy atom. The van der Waals surface area contributed by atoms with Crippen molar-refractivity contribution >= 4 is 23.1 Å². The molecule has 0 saturated carbocycles. The quantitative estimate of drug-likeness (QED) is 0.876. The highest BCUT2D eigenvalue weighted by molar-refractivity contribution is 7.03. The Morgan fingerprint density at radius 3 is 2.87 bits per heavy atom. The van der Waals surface area contributed by atoms with Gasteiger partial charge < -0.3 is 5.73 Å². The summed E-state index contributed by atoms with van der Waals surface area (Å²) < 4.78 is 3.79. The minimum Gasteiger partial charge on any atom is -0.319 e. The van der Waals surface area contributed by atoms with Crippen LogP contribution in [-0.4, -0.2) is 9.59 Å². The van der Waals surface area contributed by atoms with Crippen LogP contribution < -0.4 is 5.73 Å². The van der Waals surface area contributed by atoms with Crippen LogP contribution >= 0.6 is 23.1 Å². The van der Waals surface area contributed by atoms with Crippen molar-refractivity contribution < 1.29 is 0 Å². The Kier molecular flexibility index (Phi) is 3.00. The Bertz CT molecular complexity index is 456. The van der Waals surface area contributed by atoms with Crippen molar-refractivity contribution in [2.75, 3.05) is 0 Å². The van der Waals surface area contributed by atoms with E-state index in [2.05, 4.69) is 9.59 Å². The third-order valence-corrected chi connectivity index (χ3v) is 3.18. The van der Waals surface area contributed by atoms with Crippen molar-refractivity contribution in [1.29, 1.82) is 0 Å². The fraction of sp³-hybridized carbons (Fsp3) is 0.200. The highest BCUT2D eigenvalue weighted by Gasteiger charge is 2.12. The van der Waals surface area contributed by atoms with Crippen LogP contribution in [0.25, 0.3) is 0 Å². The molecule has 0 amide bonds. The van der Waals surface area contributed by atoms with Gasteiger partial charge in [0.05, 0.1) is 11.7 Å². The maximum atomic E-state index is 6.03. The zero-order chi connectivity index (χ0) is 10.8. The van der Waals surface area contributed by atoms with E-state index in [1.54, 1.807) is 0 Å². The molecule has 2 rings (SSSR count). The van der Waals surface area contributed by atoms with Crippen LogP contribution in [0.4, 0.5) is 0 Å². The van der Waals surface area contributed by atoms with Gasteiger partial charge in [-0.05, 0) is 35.6 Å². The third-order valence-electron chi connectivity index (χ3n) is 2.25. The van der Waals surface area contributed by atoms with Gasteiger partial charge in [-0.1, -0.05) is 28.2 Å². The van der Waals surface area contributed by atoms with Crippen molar-refractivity contribution in [3.63, 3.8) is 0 Å². The van der Waals surface area contributed by atoms with Crippen molar-refractivity contribution in [3.05, 3.63) is 45.4 Å². The molecule has 0 aliphatic heterocycles. The second-order valence-electron chi connectivity index (χ2n) is 3.32. The zero-order valence-electron chi connectivity index (χ0n) is 8.14. The first-order valence-corrected chi connectivity index (χ1v) is 5.68. The fourth-order valence-electron chi connectivity index (χ4n) is 1.28. The van der Waals surface area contributed by atoms with E-state index in [1.807, 2.05) is 30.5 Å². The molecule has 78 valence electrons. The summed E-state index contributed by atoms with van der Waals surface area (Å²) in [6, 6.07) is 5.55. The molecule has 0 spiro atoms. The van der Waals surface area contributed by atoms with Gasteiger partial charge in [0.1, 0.15) is 0 Å². The van der Waals surface area contributed by atoms with Gasteiger partial charge in [0.2, 0.25) is 0 Å². The number of aromatic nitrogens is 2. The summed E-state index contributed by atoms with van der Waals surface area (Å²) in [5, 5.41) is 6.52. The molecule has 15 heavy (non-hydrogen) atoms. The van der Waals surface area contributed by atoms with Crippen LogP contribution in [0.2, 0.25) is 5.02 Å². The number of hydrogen-bond acceptors (Lipinski definition) is 4. The fourth-order valence-corrected chi connectivity index (χ4v) is 1.96. The molecule has 1 heterocycles. The van der Waals surface area contributed by atoms with E-state index < -0.39 is 0 Å². The van der Waals surface area contributed by atoms with Gasteiger partial charge in [-0.15, -0.1) is 5.10 Å². The van der Waals surface area contributed by atoms with E-state index in [0.29, 0.717) is 0 Å². The van der Waals surface area contributed by atoms with Crippen LogP contribution in [0.15, 0.2) is 23.6 Å². The van der Waals surface area contributed by atoms with E-state index in [9.17, 15) is 0 Å². The number of aryl methyl sites for hydroxylation is 1. The standard InChI is InChI=1S/C10H10ClN3S/c1-6-2-3-7(4-8(6)11)10(12)9-5-15-14-13-9/h2-5,10H,12H2,1H3. The molecule has 0 radical (unpaired) electrons. The number of rotatable bonds is 2. The minimum absolute atomic E-state index is 0.248. The van der Waals surface area contributed by atoms with Crippen molar-refractivity contribution in [3.8, 4) is 0 Å². The molecule has 1 unspecified atom stereocenters. The van der Waals surface area contributed by atoms with Crippen molar-refractivity contribution in [2.24, 2.45) is 5.73 Å². The normalized spacial score (nSPS) is 12.7. The molecule has 2 N–H and O–H groups in total. The summed E-state index contributed by atoms with van der Waals surface area (Å²) in [6.07, 6.45) is 0. The molecule has 0 aliphatic carbocycles. The summed E-state index contributed by atoms with van der Waals surface area (Å²) in [5.74, 6) is 0. The lowest BCUT2D eigenvalue weighted by atomic mass is 10.0. The molecular weight excluding hydrogens is 230 g/mol. The average molecular weight is 240 g/mol. The molecule has 1 aromatic carbocycles. The SMILES string of the molecule is Cc1ccc(C(N)c2csnn2)cc1Cl. The van der Waals surface area contributed by atoms with Gasteiger partial charge in [0.15, 0.2) is 0 Å². The van der Waals surface area contributed by atoms with Gasteiger partial charge in [-0.3, -0.25) is 0 Å². The molecule has 5 heteroatoms. The highest BCUT2D eigenvalue weighted by atomic mass is 35.5. The summed E-state index contributed by atoms with van der Waals surface area (Å²) in [5.41, 5.74) is 8.81. The summed E-state index contributed by atoms with van der Waals surface area (Å²) >= 11 is 7.33. The summed E-state index contributed by atoms with van der Waals surface area (Å²) in [6.45, 7) is 1.96. The predicted octanol–water partition coefficient (Wildman–Crippen LogP) is 2.55. The molecule has 0 aliphatic rings. The third kappa shape index (κ3) is 2.17. The molecule has 0 saturated heterocycles. The van der Waals surface area contributed by atoms with E-state index in [0.717, 1.165) is 21.8 Å². The van der Waals surface area contributed by atoms with Gasteiger partial charge in [0, 0.05) is 10.4 Å². The second kappa shape index (κ2) is 4.26. The van der Waals surface area contributed by atoms with Gasteiger partial charge >= 0.3 is 0 Å². The molecule has 1 aromatic heterocycles. The van der Waals surface area contributed by atoms with Crippen LogP contribution in [0.1, 0.15) is 22.9 Å². The van der Waals surface area contributed by atoms with Crippen LogP contribution in [0.5, 0.6) is 0 Å². The smallest absolute Gasteiger partial charge is 0.0967 e. The largest absolute Gasteiger partial charge is 0.319 e. The zero-order valence-corrected chi connectivity index (χ0v) is 9.72. The topological polar surface area (TPSA) is 51.8 Å². The first-order valence-electron chi connectivity index (χ1n) is 4.47. The Morgan fingerprint density at radius 1 is 1.47 bits per heavy atom. The van der Waals surface area contributed by atoms with E-state index >= 15 is 0 Å². The lowest BCUT2D eigenvalue weighted by molar-refractivity contribution is 0.818. The molecule has 2 aromatic rings. The summed E-state index contributed by atoms with van der Waals surface area (Å²) in [4.78, 5) is 0. The van der Waals surface area contributed by atoms with Gasteiger partial charge in [-0.2, -0.15) is 0 Å². The lowest BCUT2D eigenvalue weighted by Gasteiger charge is -2.09. The van der Waals surface area contributed by atoms with Gasteiger partial charge in [0.25, 0.3) is 0 Å². The first kappa shape index (κ1) is 10.5. The van der Waals surface area contributed by atoms with Gasteiger partial charge in [-0.25, -0.2) is 0 Å². The number of nitrogens with zero attached hydrogens (tertiary/aromatic N) is 2. The molecule has 1 atom stereocenters. The van der Waals surface area contributed by atoms with E-state index in [-0.39, 0.29) is 6.04 Å². The van der Waals surface area contributed by atoms with E-state index in [4.69, 9.17) is 17.3 Å². The maximum Gasteiger partial charge on any atom is 0.0967 e. The summed E-state index contributed by atoms with van der Waals surface area (Å²) in [7, 11) is 0. The molecule has 3 nitrogen and oxygen atoms in total. The number of nitrogens with two attached hydrogens (primary N) is 1. The predicted molar refractivity (Wildman–Crippen MR) is 62.1 cm³/mol. The Balaban J connectivity index is 2.34. The van der Waals surface area contributed by atoms with Crippen LogP contribution in [0.3, 0.4) is 0 Å². The number of halogens is 1. The van der Waals surface area contributed by atoms with E-state index in [1.165, 1.54) is 11.5 Å². The number of hydrogen-bond donors (Lipinski definition) is 1. The monoisotopic (exact) mass is 239 g/mol.